The van der Waals surface area contributed by atoms with Gasteiger partial charge in [-0.3, -0.25) is 9.48 Å². The highest BCUT2D eigenvalue weighted by molar-refractivity contribution is 5.95. The number of halogens is 3. The lowest BCUT2D eigenvalue weighted by molar-refractivity contribution is -0.141. The molecule has 4 rings (SSSR count). The number of hydrogen-bond donors (Lipinski definition) is 2. The Balaban J connectivity index is 1.28. The summed E-state index contributed by atoms with van der Waals surface area (Å²) in [5.41, 5.74) is -1.45. The van der Waals surface area contributed by atoms with Crippen LogP contribution in [0.15, 0.2) is 55.0 Å². The van der Waals surface area contributed by atoms with Gasteiger partial charge in [-0.2, -0.15) is 23.4 Å². The Morgan fingerprint density at radius 3 is 2.38 bits per heavy atom. The Hall–Kier alpha value is -3.83. The van der Waals surface area contributed by atoms with Crippen molar-refractivity contribution in [3.05, 3.63) is 66.2 Å². The summed E-state index contributed by atoms with van der Waals surface area (Å²) < 4.78 is 43.2. The van der Waals surface area contributed by atoms with Crippen LogP contribution in [0.4, 0.5) is 18.0 Å². The predicted octanol–water partition coefficient (Wildman–Crippen LogP) is 2.86. The van der Waals surface area contributed by atoms with E-state index in [2.05, 4.69) is 20.8 Å². The fourth-order valence-electron chi connectivity index (χ4n) is 3.85. The van der Waals surface area contributed by atoms with Gasteiger partial charge >= 0.3 is 12.2 Å². The Bertz CT molecular complexity index is 1110. The molecular formula is C22H24F3N7O2. The van der Waals surface area contributed by atoms with E-state index in [1.54, 1.807) is 41.4 Å². The summed E-state index contributed by atoms with van der Waals surface area (Å²) in [7, 11) is 0. The van der Waals surface area contributed by atoms with Crippen LogP contribution in [-0.2, 0) is 6.18 Å². The van der Waals surface area contributed by atoms with E-state index in [9.17, 15) is 22.8 Å². The van der Waals surface area contributed by atoms with E-state index >= 15 is 0 Å². The number of alkyl halides is 3. The van der Waals surface area contributed by atoms with Crippen LogP contribution in [0.5, 0.6) is 0 Å². The number of benzene rings is 1. The second-order valence-corrected chi connectivity index (χ2v) is 7.86. The van der Waals surface area contributed by atoms with Crippen LogP contribution in [0.1, 0.15) is 34.9 Å². The molecule has 1 aromatic carbocycles. The topological polar surface area (TPSA) is 97.1 Å². The van der Waals surface area contributed by atoms with E-state index in [1.807, 2.05) is 16.9 Å². The number of nitrogens with zero attached hydrogens (tertiary/aromatic N) is 5. The highest BCUT2D eigenvalue weighted by atomic mass is 19.4. The van der Waals surface area contributed by atoms with Crippen molar-refractivity contribution in [2.75, 3.05) is 26.2 Å². The Morgan fingerprint density at radius 2 is 1.74 bits per heavy atom. The van der Waals surface area contributed by atoms with Crippen LogP contribution in [0, 0.1) is 0 Å². The van der Waals surface area contributed by atoms with Crippen molar-refractivity contribution in [2.24, 2.45) is 0 Å². The lowest BCUT2D eigenvalue weighted by Gasteiger charge is -2.32. The van der Waals surface area contributed by atoms with Crippen molar-refractivity contribution in [1.82, 2.24) is 35.1 Å². The third-order valence-electron chi connectivity index (χ3n) is 5.59. The number of likely N-dealkylation sites (tertiary alicyclic amines) is 1. The molecule has 0 radical (unpaired) electrons. The van der Waals surface area contributed by atoms with E-state index < -0.39 is 23.3 Å². The molecule has 180 valence electrons. The van der Waals surface area contributed by atoms with Crippen molar-refractivity contribution < 1.29 is 22.8 Å². The monoisotopic (exact) mass is 475 g/mol. The summed E-state index contributed by atoms with van der Waals surface area (Å²) in [4.78, 5) is 26.5. The highest BCUT2D eigenvalue weighted by Gasteiger charge is 2.39. The van der Waals surface area contributed by atoms with Crippen LogP contribution in [0.25, 0.3) is 5.69 Å². The van der Waals surface area contributed by atoms with E-state index in [0.29, 0.717) is 18.8 Å². The molecule has 3 amide bonds. The average molecular weight is 475 g/mol. The minimum atomic E-state index is -4.79. The molecule has 0 saturated carbocycles. The predicted molar refractivity (Wildman–Crippen MR) is 116 cm³/mol. The molecule has 0 unspecified atom stereocenters. The molecule has 1 fully saturated rings. The Morgan fingerprint density at radius 1 is 1.03 bits per heavy atom. The number of aromatic nitrogens is 4. The van der Waals surface area contributed by atoms with Crippen LogP contribution in [0.3, 0.4) is 0 Å². The molecule has 2 aromatic heterocycles. The second kappa shape index (κ2) is 9.98. The molecule has 1 aliphatic rings. The van der Waals surface area contributed by atoms with E-state index in [4.69, 9.17) is 0 Å². The van der Waals surface area contributed by atoms with Crippen LogP contribution in [-0.4, -0.2) is 62.6 Å². The third-order valence-corrected chi connectivity index (χ3v) is 5.59. The lowest BCUT2D eigenvalue weighted by atomic mass is 10.1. The van der Waals surface area contributed by atoms with Gasteiger partial charge in [-0.1, -0.05) is 18.2 Å². The molecule has 3 heterocycles. The summed E-state index contributed by atoms with van der Waals surface area (Å²) in [6.07, 6.45) is 1.43. The van der Waals surface area contributed by atoms with Crippen molar-refractivity contribution in [2.45, 2.75) is 25.1 Å². The number of hydrogen-bond acceptors (Lipinski definition) is 4. The van der Waals surface area contributed by atoms with Crippen LogP contribution >= 0.6 is 0 Å². The van der Waals surface area contributed by atoms with Crippen LogP contribution in [0.2, 0.25) is 0 Å². The van der Waals surface area contributed by atoms with Crippen molar-refractivity contribution >= 4 is 11.9 Å². The second-order valence-electron chi connectivity index (χ2n) is 7.86. The highest BCUT2D eigenvalue weighted by Crippen LogP contribution is 2.31. The molecule has 3 aromatic rings. The van der Waals surface area contributed by atoms with Gasteiger partial charge in [0.25, 0.3) is 5.91 Å². The first-order chi connectivity index (χ1) is 16.3. The largest absolute Gasteiger partial charge is 0.435 e. The van der Waals surface area contributed by atoms with Gasteiger partial charge in [0.1, 0.15) is 0 Å². The normalized spacial score (nSPS) is 14.7. The molecule has 9 nitrogen and oxygen atoms in total. The van der Waals surface area contributed by atoms with Gasteiger partial charge in [0.2, 0.25) is 0 Å². The summed E-state index contributed by atoms with van der Waals surface area (Å²) in [5, 5.41) is 12.9. The third kappa shape index (κ3) is 5.38. The average Bonchev–Trinajstić information content (AvgIpc) is 3.53. The summed E-state index contributed by atoms with van der Waals surface area (Å²) in [6.45, 7) is 1.19. The van der Waals surface area contributed by atoms with Gasteiger partial charge in [-0.25, -0.2) is 9.48 Å². The zero-order chi connectivity index (χ0) is 24.1. The van der Waals surface area contributed by atoms with Gasteiger partial charge in [0.05, 0.1) is 17.3 Å². The van der Waals surface area contributed by atoms with E-state index in [-0.39, 0.29) is 25.2 Å². The molecule has 0 atom stereocenters. The fraction of sp³-hybridized carbons (Fsp3) is 0.364. The number of carbonyl (C=O) groups excluding carboxylic acids is 2. The van der Waals surface area contributed by atoms with Gasteiger partial charge in [0.15, 0.2) is 5.69 Å². The molecule has 1 saturated heterocycles. The maximum atomic E-state index is 13.4. The summed E-state index contributed by atoms with van der Waals surface area (Å²) >= 11 is 0. The first kappa shape index (κ1) is 23.3. The quantitative estimate of drug-likeness (QED) is 0.536. The van der Waals surface area contributed by atoms with Crippen molar-refractivity contribution in [3.8, 4) is 5.69 Å². The minimum absolute atomic E-state index is 0.0257. The zero-order valence-corrected chi connectivity index (χ0v) is 18.2. The standard InChI is InChI=1S/C22H24F3N7O2/c23-22(24,25)19-18(15-32(29-19)16-5-2-1-3-6-16)20(33)26-10-11-27-21(34)30-13-7-17(8-14-30)31-12-4-9-28-31/h1-6,9,12,15,17H,7-8,10-11,13-14H2,(H,26,33)(H,27,34). The molecule has 0 spiro atoms. The molecular weight excluding hydrogens is 451 g/mol. The summed E-state index contributed by atoms with van der Waals surface area (Å²) in [6, 6.07) is 10.0. The molecule has 0 bridgehead atoms. The van der Waals surface area contributed by atoms with E-state index in [0.717, 1.165) is 23.7 Å². The first-order valence-electron chi connectivity index (χ1n) is 10.9. The number of carbonyl (C=O) groups is 2. The number of urea groups is 1. The SMILES string of the molecule is O=C(NCCNC(=O)N1CCC(n2cccn2)CC1)c1cn(-c2ccccc2)nc1C(F)(F)F. The molecule has 1 aliphatic heterocycles. The smallest absolute Gasteiger partial charge is 0.350 e. The Labute approximate surface area is 193 Å². The maximum absolute atomic E-state index is 13.4. The van der Waals surface area contributed by atoms with Crippen LogP contribution < -0.4 is 10.6 Å². The van der Waals surface area contributed by atoms with E-state index in [1.165, 1.54) is 0 Å². The number of piperidine rings is 1. The first-order valence-corrected chi connectivity index (χ1v) is 10.9. The number of nitrogens with one attached hydrogen (secondary N) is 2. The Kier molecular flexibility index (Phi) is 6.85. The fourth-order valence-corrected chi connectivity index (χ4v) is 3.85. The maximum Gasteiger partial charge on any atom is 0.435 e. The molecule has 0 aliphatic carbocycles. The van der Waals surface area contributed by atoms with Gasteiger partial charge in [-0.05, 0) is 31.0 Å². The summed E-state index contributed by atoms with van der Waals surface area (Å²) in [5.74, 6) is -0.913. The molecule has 12 heteroatoms. The number of amides is 3. The molecule has 2 N–H and O–H groups in total. The van der Waals surface area contributed by atoms with Gasteiger partial charge < -0.3 is 15.5 Å². The lowest BCUT2D eigenvalue weighted by Crippen LogP contribution is -2.46. The van der Waals surface area contributed by atoms with Crippen molar-refractivity contribution in [3.63, 3.8) is 0 Å². The molecule has 34 heavy (non-hydrogen) atoms. The minimum Gasteiger partial charge on any atom is -0.350 e. The van der Waals surface area contributed by atoms with Gasteiger partial charge in [-0.15, -0.1) is 0 Å². The zero-order valence-electron chi connectivity index (χ0n) is 18.2. The number of para-hydroxylation sites is 1. The number of rotatable bonds is 6. The van der Waals surface area contributed by atoms with Gasteiger partial charge in [0, 0.05) is 44.8 Å². The van der Waals surface area contributed by atoms with Crippen molar-refractivity contribution in [1.29, 1.82) is 0 Å².